The largest absolute Gasteiger partial charge is 0.486 e. The van der Waals surface area contributed by atoms with Gasteiger partial charge in [0.05, 0.1) is 17.0 Å². The number of likely N-dealkylation sites (tertiary alicyclic amines) is 1. The van der Waals surface area contributed by atoms with E-state index in [1.54, 1.807) is 29.2 Å². The van der Waals surface area contributed by atoms with Crippen LogP contribution in [0.5, 0.6) is 11.5 Å². The molecule has 1 fully saturated rings. The van der Waals surface area contributed by atoms with Crippen molar-refractivity contribution in [3.63, 3.8) is 0 Å². The normalized spacial score (nSPS) is 17.8. The van der Waals surface area contributed by atoms with Crippen molar-refractivity contribution in [3.05, 3.63) is 58.1 Å². The third-order valence-corrected chi connectivity index (χ3v) is 5.82. The fraction of sp³-hybridized carbons (Fsp3) is 0.333. The number of hydrogen-bond donors (Lipinski definition) is 0. The fourth-order valence-corrected chi connectivity index (χ4v) is 4.04. The van der Waals surface area contributed by atoms with Crippen LogP contribution in [0.4, 0.5) is 0 Å². The number of fused-ring (bicyclic) bond motifs is 1. The van der Waals surface area contributed by atoms with Gasteiger partial charge in [-0.2, -0.15) is 0 Å². The maximum Gasteiger partial charge on any atom is 0.260 e. The molecule has 1 amide bonds. The van der Waals surface area contributed by atoms with Crippen LogP contribution in [-0.2, 0) is 4.79 Å². The number of amides is 1. The molecule has 1 saturated heterocycles. The van der Waals surface area contributed by atoms with Crippen LogP contribution >= 0.6 is 23.2 Å². The van der Waals surface area contributed by atoms with Gasteiger partial charge in [0.15, 0.2) is 12.4 Å². The first-order chi connectivity index (χ1) is 13.5. The molecular weight excluding hydrogens is 401 g/mol. The molecule has 146 valence electrons. The highest BCUT2D eigenvalue weighted by Gasteiger charge is 2.43. The third-order valence-electron chi connectivity index (χ3n) is 5.27. The van der Waals surface area contributed by atoms with Gasteiger partial charge in [0.1, 0.15) is 17.1 Å². The van der Waals surface area contributed by atoms with Gasteiger partial charge in [-0.25, -0.2) is 0 Å². The molecular formula is C21H19Cl2NO4. The summed E-state index contributed by atoms with van der Waals surface area (Å²) in [6, 6.07) is 12.2. The van der Waals surface area contributed by atoms with E-state index in [1.807, 2.05) is 18.2 Å². The molecule has 0 radical (unpaired) electrons. The van der Waals surface area contributed by atoms with E-state index in [0.29, 0.717) is 59.5 Å². The van der Waals surface area contributed by atoms with Crippen molar-refractivity contribution in [2.24, 2.45) is 0 Å². The first-order valence-corrected chi connectivity index (χ1v) is 9.88. The second-order valence-corrected chi connectivity index (χ2v) is 7.97. The van der Waals surface area contributed by atoms with Gasteiger partial charge in [-0.3, -0.25) is 9.59 Å². The summed E-state index contributed by atoms with van der Waals surface area (Å²) < 4.78 is 11.7. The van der Waals surface area contributed by atoms with E-state index < -0.39 is 5.60 Å². The number of halogens is 2. The van der Waals surface area contributed by atoms with Crippen LogP contribution in [0, 0.1) is 0 Å². The number of rotatable bonds is 3. The number of carbonyl (C=O) groups excluding carboxylic acids is 2. The van der Waals surface area contributed by atoms with Crippen molar-refractivity contribution in [2.45, 2.75) is 24.9 Å². The van der Waals surface area contributed by atoms with Crippen molar-refractivity contribution >= 4 is 34.9 Å². The smallest absolute Gasteiger partial charge is 0.260 e. The van der Waals surface area contributed by atoms with Crippen molar-refractivity contribution in [3.8, 4) is 11.5 Å². The Bertz CT molecular complexity index is 922. The standard InChI is InChI=1S/C21H19Cl2NO4/c22-14-5-6-16(23)19(11-14)27-13-20(26)24-9-7-21(8-10-24)12-17(25)15-3-1-2-4-18(15)28-21/h1-6,11H,7-10,12-13H2. The minimum atomic E-state index is -0.528. The predicted molar refractivity (Wildman–Crippen MR) is 107 cm³/mol. The summed E-state index contributed by atoms with van der Waals surface area (Å²) in [6.45, 7) is 0.914. The van der Waals surface area contributed by atoms with E-state index in [2.05, 4.69) is 0 Å². The van der Waals surface area contributed by atoms with Crippen molar-refractivity contribution in [2.75, 3.05) is 19.7 Å². The maximum absolute atomic E-state index is 12.5. The molecule has 0 bridgehead atoms. The highest BCUT2D eigenvalue weighted by atomic mass is 35.5. The lowest BCUT2D eigenvalue weighted by atomic mass is 9.82. The quantitative estimate of drug-likeness (QED) is 0.739. The lowest BCUT2D eigenvalue weighted by Crippen LogP contribution is -2.53. The van der Waals surface area contributed by atoms with Crippen LogP contribution in [0.15, 0.2) is 42.5 Å². The molecule has 0 aliphatic carbocycles. The molecule has 2 aliphatic rings. The first-order valence-electron chi connectivity index (χ1n) is 9.13. The topological polar surface area (TPSA) is 55.8 Å². The minimum Gasteiger partial charge on any atom is -0.486 e. The predicted octanol–water partition coefficient (Wildman–Crippen LogP) is 4.40. The SMILES string of the molecule is O=C1CC2(CCN(C(=O)COc3cc(Cl)ccc3Cl)CC2)Oc2ccccc21. The Morgan fingerprint density at radius 3 is 2.68 bits per heavy atom. The van der Waals surface area contributed by atoms with Crippen molar-refractivity contribution in [1.82, 2.24) is 4.90 Å². The molecule has 0 atom stereocenters. The Morgan fingerprint density at radius 1 is 1.14 bits per heavy atom. The van der Waals surface area contributed by atoms with Gasteiger partial charge in [0, 0.05) is 37.0 Å². The summed E-state index contributed by atoms with van der Waals surface area (Å²) >= 11 is 12.0. The van der Waals surface area contributed by atoms with Gasteiger partial charge in [0.2, 0.25) is 0 Å². The number of benzene rings is 2. The highest BCUT2D eigenvalue weighted by molar-refractivity contribution is 6.34. The molecule has 2 heterocycles. The Hall–Kier alpha value is -2.24. The molecule has 2 aromatic carbocycles. The molecule has 28 heavy (non-hydrogen) atoms. The molecule has 7 heteroatoms. The Morgan fingerprint density at radius 2 is 1.89 bits per heavy atom. The molecule has 0 aromatic heterocycles. The van der Waals surface area contributed by atoms with Gasteiger partial charge in [-0.15, -0.1) is 0 Å². The number of ether oxygens (including phenoxy) is 2. The Kier molecular flexibility index (Phi) is 5.21. The number of ketones is 1. The molecule has 0 N–H and O–H groups in total. The summed E-state index contributed by atoms with van der Waals surface area (Å²) in [5.74, 6) is 0.986. The van der Waals surface area contributed by atoms with Crippen LogP contribution in [0.1, 0.15) is 29.6 Å². The summed E-state index contributed by atoms with van der Waals surface area (Å²) in [4.78, 5) is 26.7. The number of nitrogens with zero attached hydrogens (tertiary/aromatic N) is 1. The lowest BCUT2D eigenvalue weighted by Gasteiger charge is -2.43. The van der Waals surface area contributed by atoms with Gasteiger partial charge in [-0.1, -0.05) is 35.3 Å². The summed E-state index contributed by atoms with van der Waals surface area (Å²) in [5.41, 5.74) is 0.109. The van der Waals surface area contributed by atoms with Crippen LogP contribution in [-0.4, -0.2) is 41.9 Å². The van der Waals surface area contributed by atoms with Crippen molar-refractivity contribution in [1.29, 1.82) is 0 Å². The van der Waals surface area contributed by atoms with Crippen molar-refractivity contribution < 1.29 is 19.1 Å². The first kappa shape index (κ1) is 19.1. The number of Topliss-reactive ketones (excluding diaryl/α,β-unsaturated/α-hetero) is 1. The molecule has 1 spiro atoms. The van der Waals surface area contributed by atoms with Gasteiger partial charge >= 0.3 is 0 Å². The zero-order chi connectivity index (χ0) is 19.7. The lowest BCUT2D eigenvalue weighted by molar-refractivity contribution is -0.136. The fourth-order valence-electron chi connectivity index (χ4n) is 3.70. The van der Waals surface area contributed by atoms with Gasteiger partial charge in [-0.05, 0) is 24.3 Å². The van der Waals surface area contributed by atoms with Crippen LogP contribution in [0.3, 0.4) is 0 Å². The van der Waals surface area contributed by atoms with E-state index in [4.69, 9.17) is 32.7 Å². The maximum atomic E-state index is 12.5. The van der Waals surface area contributed by atoms with E-state index in [9.17, 15) is 9.59 Å². The number of carbonyl (C=O) groups is 2. The molecule has 2 aromatic rings. The van der Waals surface area contributed by atoms with Crippen LogP contribution in [0.25, 0.3) is 0 Å². The molecule has 5 nitrogen and oxygen atoms in total. The average molecular weight is 420 g/mol. The third kappa shape index (κ3) is 3.82. The Labute approximate surface area is 173 Å². The minimum absolute atomic E-state index is 0.0977. The van der Waals surface area contributed by atoms with Gasteiger partial charge < -0.3 is 14.4 Å². The second-order valence-electron chi connectivity index (χ2n) is 7.13. The van der Waals surface area contributed by atoms with E-state index >= 15 is 0 Å². The number of para-hydroxylation sites is 1. The molecule has 4 rings (SSSR count). The number of piperidine rings is 1. The average Bonchev–Trinajstić information content (AvgIpc) is 2.69. The number of hydrogen-bond acceptors (Lipinski definition) is 4. The summed E-state index contributed by atoms with van der Waals surface area (Å²) in [7, 11) is 0. The monoisotopic (exact) mass is 419 g/mol. The summed E-state index contributed by atoms with van der Waals surface area (Å²) in [6.07, 6.45) is 1.56. The zero-order valence-corrected chi connectivity index (χ0v) is 16.6. The van der Waals surface area contributed by atoms with E-state index in [0.717, 1.165) is 0 Å². The molecule has 0 saturated carbocycles. The van der Waals surface area contributed by atoms with E-state index in [1.165, 1.54) is 0 Å². The second kappa shape index (κ2) is 7.64. The zero-order valence-electron chi connectivity index (χ0n) is 15.1. The van der Waals surface area contributed by atoms with E-state index in [-0.39, 0.29) is 18.3 Å². The summed E-state index contributed by atoms with van der Waals surface area (Å²) in [5, 5.41) is 0.897. The van der Waals surface area contributed by atoms with Crippen LogP contribution < -0.4 is 9.47 Å². The Balaban J connectivity index is 1.36. The van der Waals surface area contributed by atoms with Gasteiger partial charge in [0.25, 0.3) is 5.91 Å². The van der Waals surface area contributed by atoms with Crippen LogP contribution in [0.2, 0.25) is 10.0 Å². The molecule has 2 aliphatic heterocycles. The molecule has 0 unspecified atom stereocenters. The highest BCUT2D eigenvalue weighted by Crippen LogP contribution is 2.39.